The van der Waals surface area contributed by atoms with Crippen molar-refractivity contribution in [3.8, 4) is 12.1 Å². The minimum absolute atomic E-state index is 0.0582. The molecule has 1 saturated heterocycles. The minimum Gasteiger partial charge on any atom is -0.351 e. The predicted molar refractivity (Wildman–Crippen MR) is 140 cm³/mol. The standard InChI is InChI=1S/C30H24N4O3/c1-18-15-19(2)27(34(36)37)20(3)25(18)26-28(29(35)22-10-5-4-6-11-22)33-23-12-8-7-9-21(23)13-14-24(33)30(26,16-31)17-32/h4-15,24,26,28H,1-3H3/t24-,26-,28+/m1/s1. The van der Waals surface area contributed by atoms with E-state index in [1.54, 1.807) is 44.2 Å². The number of Topliss-reactive ketones (excluding diaryl/α,β-unsaturated/α-hetero) is 1. The Kier molecular flexibility index (Phi) is 5.65. The molecule has 1 fully saturated rings. The van der Waals surface area contributed by atoms with E-state index in [-0.39, 0.29) is 11.5 Å². The number of ketones is 1. The van der Waals surface area contributed by atoms with Crippen LogP contribution in [0.25, 0.3) is 6.08 Å². The Balaban J connectivity index is 1.88. The number of anilines is 1. The summed E-state index contributed by atoms with van der Waals surface area (Å²) in [6, 6.07) is 21.0. The molecule has 7 heteroatoms. The van der Waals surface area contributed by atoms with Gasteiger partial charge in [0.1, 0.15) is 6.04 Å². The van der Waals surface area contributed by atoms with E-state index in [1.807, 2.05) is 54.3 Å². The second kappa shape index (κ2) is 8.72. The fraction of sp³-hybridized carbons (Fsp3) is 0.233. The lowest BCUT2D eigenvalue weighted by Crippen LogP contribution is -2.44. The largest absolute Gasteiger partial charge is 0.351 e. The number of para-hydroxylation sites is 1. The molecule has 0 unspecified atom stereocenters. The zero-order valence-electron chi connectivity index (χ0n) is 20.7. The number of benzene rings is 3. The molecule has 5 rings (SSSR count). The van der Waals surface area contributed by atoms with Gasteiger partial charge in [0.25, 0.3) is 5.69 Å². The molecule has 3 aromatic carbocycles. The summed E-state index contributed by atoms with van der Waals surface area (Å²) in [5.74, 6) is -1.18. The number of nitro groups is 1. The van der Waals surface area contributed by atoms with Crippen molar-refractivity contribution in [2.75, 3.05) is 4.90 Å². The molecule has 0 N–H and O–H groups in total. The van der Waals surface area contributed by atoms with Crippen molar-refractivity contribution >= 4 is 23.2 Å². The van der Waals surface area contributed by atoms with E-state index < -0.39 is 28.3 Å². The molecule has 3 atom stereocenters. The summed E-state index contributed by atoms with van der Waals surface area (Å²) >= 11 is 0. The Labute approximate surface area is 215 Å². The van der Waals surface area contributed by atoms with Crippen molar-refractivity contribution in [1.29, 1.82) is 10.5 Å². The van der Waals surface area contributed by atoms with E-state index >= 15 is 0 Å². The van der Waals surface area contributed by atoms with Gasteiger partial charge in [-0.05, 0) is 49.6 Å². The van der Waals surface area contributed by atoms with E-state index in [0.29, 0.717) is 27.8 Å². The molecule has 0 saturated carbocycles. The maximum atomic E-state index is 14.3. The quantitative estimate of drug-likeness (QED) is 0.260. The van der Waals surface area contributed by atoms with Crippen molar-refractivity contribution in [2.45, 2.75) is 38.8 Å². The van der Waals surface area contributed by atoms with Crippen LogP contribution in [0.3, 0.4) is 0 Å². The summed E-state index contributed by atoms with van der Waals surface area (Å²) in [5, 5.41) is 33.3. The first-order chi connectivity index (χ1) is 17.8. The topological polar surface area (TPSA) is 111 Å². The van der Waals surface area contributed by atoms with E-state index in [1.165, 1.54) is 0 Å². The number of hydrogen-bond donors (Lipinski definition) is 0. The number of aryl methyl sites for hydroxylation is 2. The molecule has 2 aliphatic heterocycles. The SMILES string of the molecule is Cc1cc(C)c([N+](=O)[O-])c(C)c1[C@@H]1[C@@H](C(=O)c2ccccc2)N2c3ccccc3C=C[C@@H]2C1(C#N)C#N. The smallest absolute Gasteiger partial charge is 0.275 e. The number of carbonyl (C=O) groups excluding carboxylic acids is 1. The molecule has 0 aliphatic carbocycles. The number of fused-ring (bicyclic) bond motifs is 3. The van der Waals surface area contributed by atoms with Gasteiger partial charge in [-0.25, -0.2) is 0 Å². The molecule has 7 nitrogen and oxygen atoms in total. The lowest BCUT2D eigenvalue weighted by Gasteiger charge is -2.35. The predicted octanol–water partition coefficient (Wildman–Crippen LogP) is 5.80. The normalized spacial score (nSPS) is 20.9. The van der Waals surface area contributed by atoms with Crippen molar-refractivity contribution in [3.63, 3.8) is 0 Å². The lowest BCUT2D eigenvalue weighted by atomic mass is 9.67. The first kappa shape index (κ1) is 24.0. The van der Waals surface area contributed by atoms with Crippen LogP contribution in [-0.4, -0.2) is 22.8 Å². The maximum Gasteiger partial charge on any atom is 0.275 e. The first-order valence-corrected chi connectivity index (χ1v) is 12.0. The molecule has 0 amide bonds. The van der Waals surface area contributed by atoms with Gasteiger partial charge in [0, 0.05) is 28.3 Å². The molecule has 0 bridgehead atoms. The van der Waals surface area contributed by atoms with Crippen LogP contribution < -0.4 is 4.90 Å². The molecular formula is C30H24N4O3. The summed E-state index contributed by atoms with van der Waals surface area (Å²) in [5.41, 5.74) is 2.44. The number of nitrogens with zero attached hydrogens (tertiary/aromatic N) is 4. The third kappa shape index (κ3) is 3.36. The van der Waals surface area contributed by atoms with Crippen LogP contribution in [-0.2, 0) is 0 Å². The minimum atomic E-state index is -1.67. The fourth-order valence-electron chi connectivity index (χ4n) is 6.27. The van der Waals surface area contributed by atoms with E-state index in [0.717, 1.165) is 11.3 Å². The zero-order chi connectivity index (χ0) is 26.5. The van der Waals surface area contributed by atoms with Crippen molar-refractivity contribution in [3.05, 3.63) is 110 Å². The van der Waals surface area contributed by atoms with Gasteiger partial charge < -0.3 is 4.90 Å². The van der Waals surface area contributed by atoms with Crippen LogP contribution in [0.4, 0.5) is 11.4 Å². The van der Waals surface area contributed by atoms with Crippen LogP contribution in [0.2, 0.25) is 0 Å². The van der Waals surface area contributed by atoms with Crippen LogP contribution in [0.5, 0.6) is 0 Å². The maximum absolute atomic E-state index is 14.3. The van der Waals surface area contributed by atoms with Crippen molar-refractivity contribution in [2.24, 2.45) is 5.41 Å². The summed E-state index contributed by atoms with van der Waals surface area (Å²) in [6.07, 6.45) is 3.69. The summed E-state index contributed by atoms with van der Waals surface area (Å²) in [6.45, 7) is 5.15. The van der Waals surface area contributed by atoms with Gasteiger partial charge in [-0.2, -0.15) is 10.5 Å². The second-order valence-electron chi connectivity index (χ2n) is 9.67. The van der Waals surface area contributed by atoms with Gasteiger partial charge in [0.05, 0.1) is 23.1 Å². The summed E-state index contributed by atoms with van der Waals surface area (Å²) in [4.78, 5) is 27.8. The van der Waals surface area contributed by atoms with Gasteiger partial charge in [0.15, 0.2) is 11.2 Å². The fourth-order valence-corrected chi connectivity index (χ4v) is 6.27. The Bertz CT molecular complexity index is 1550. The highest BCUT2D eigenvalue weighted by Crippen LogP contribution is 2.57. The number of nitriles is 2. The Morgan fingerprint density at radius 1 is 1.00 bits per heavy atom. The molecule has 2 aliphatic rings. The second-order valence-corrected chi connectivity index (χ2v) is 9.67. The number of nitro benzene ring substituents is 1. The van der Waals surface area contributed by atoms with Crippen LogP contribution >= 0.6 is 0 Å². The van der Waals surface area contributed by atoms with Gasteiger partial charge in [-0.15, -0.1) is 0 Å². The van der Waals surface area contributed by atoms with Crippen LogP contribution in [0.1, 0.15) is 44.1 Å². The average molecular weight is 489 g/mol. The molecule has 182 valence electrons. The first-order valence-electron chi connectivity index (χ1n) is 12.0. The molecule has 37 heavy (non-hydrogen) atoms. The molecule has 0 spiro atoms. The average Bonchev–Trinajstić information content (AvgIpc) is 3.18. The van der Waals surface area contributed by atoms with Gasteiger partial charge in [0.2, 0.25) is 0 Å². The Hall–Kier alpha value is -4.75. The molecule has 0 radical (unpaired) electrons. The monoisotopic (exact) mass is 488 g/mol. The Morgan fingerprint density at radius 3 is 2.30 bits per heavy atom. The van der Waals surface area contributed by atoms with E-state index in [4.69, 9.17) is 0 Å². The van der Waals surface area contributed by atoms with E-state index in [9.17, 15) is 25.4 Å². The highest BCUT2D eigenvalue weighted by atomic mass is 16.6. The van der Waals surface area contributed by atoms with Crippen LogP contribution in [0.15, 0.2) is 66.7 Å². The van der Waals surface area contributed by atoms with Crippen molar-refractivity contribution < 1.29 is 9.72 Å². The highest BCUT2D eigenvalue weighted by Gasteiger charge is 2.64. The zero-order valence-corrected chi connectivity index (χ0v) is 20.7. The van der Waals surface area contributed by atoms with E-state index in [2.05, 4.69) is 12.1 Å². The number of hydrogen-bond acceptors (Lipinski definition) is 6. The van der Waals surface area contributed by atoms with Gasteiger partial charge >= 0.3 is 0 Å². The molecule has 3 aromatic rings. The number of rotatable bonds is 4. The molecular weight excluding hydrogens is 464 g/mol. The highest BCUT2D eigenvalue weighted by molar-refractivity contribution is 6.04. The number of carbonyl (C=O) groups is 1. The lowest BCUT2D eigenvalue weighted by molar-refractivity contribution is -0.386. The van der Waals surface area contributed by atoms with Gasteiger partial charge in [-0.1, -0.05) is 60.7 Å². The summed E-state index contributed by atoms with van der Waals surface area (Å²) < 4.78 is 0. The van der Waals surface area contributed by atoms with Gasteiger partial charge in [-0.3, -0.25) is 14.9 Å². The van der Waals surface area contributed by atoms with Crippen LogP contribution in [0, 0.1) is 59.0 Å². The third-order valence-corrected chi connectivity index (χ3v) is 7.73. The summed E-state index contributed by atoms with van der Waals surface area (Å²) in [7, 11) is 0. The Morgan fingerprint density at radius 2 is 1.65 bits per heavy atom. The molecule has 2 heterocycles. The van der Waals surface area contributed by atoms with Crippen molar-refractivity contribution in [1.82, 2.24) is 0 Å². The molecule has 0 aromatic heterocycles. The third-order valence-electron chi connectivity index (χ3n) is 7.73.